The average Bonchev–Trinajstić information content (AvgIpc) is 3.57. The highest BCUT2D eigenvalue weighted by atomic mass is 16.5. The molecule has 1 heterocycles. The number of guanidine groups is 1. The van der Waals surface area contributed by atoms with Crippen molar-refractivity contribution < 1.29 is 43.2 Å². The highest BCUT2D eigenvalue weighted by Crippen LogP contribution is 2.40. The molecule has 0 spiro atoms. The van der Waals surface area contributed by atoms with Gasteiger partial charge < -0.3 is 51.9 Å². The molecule has 2 amide bonds. The van der Waals surface area contributed by atoms with Crippen LogP contribution in [0.25, 0.3) is 16.9 Å². The van der Waals surface area contributed by atoms with Crippen molar-refractivity contribution in [3.8, 4) is 39.9 Å². The Balaban J connectivity index is 1.88. The van der Waals surface area contributed by atoms with E-state index in [0.717, 1.165) is 0 Å². The number of rotatable bonds is 19. The van der Waals surface area contributed by atoms with E-state index in [1.807, 2.05) is 0 Å². The van der Waals surface area contributed by atoms with Crippen molar-refractivity contribution in [2.24, 2.45) is 28.1 Å². The van der Waals surface area contributed by atoms with E-state index >= 15 is 0 Å². The van der Waals surface area contributed by atoms with E-state index in [1.165, 1.54) is 28.4 Å². The largest absolute Gasteiger partial charge is 0.495 e. The van der Waals surface area contributed by atoms with Crippen molar-refractivity contribution in [1.82, 2.24) is 20.3 Å². The molecule has 9 N–H and O–H groups in total. The van der Waals surface area contributed by atoms with Gasteiger partial charge in [0.05, 0.1) is 70.7 Å². The highest BCUT2D eigenvalue weighted by molar-refractivity contribution is 5.98. The summed E-state index contributed by atoms with van der Waals surface area (Å²) in [4.78, 5) is 53.4. The zero-order chi connectivity index (χ0) is 36.1. The first-order valence-electron chi connectivity index (χ1n) is 14.9. The Morgan fingerprint density at radius 2 is 1.61 bits per heavy atom. The van der Waals surface area contributed by atoms with Gasteiger partial charge in [0.1, 0.15) is 5.75 Å². The average molecular weight is 684 g/mol. The summed E-state index contributed by atoms with van der Waals surface area (Å²) >= 11 is 0. The smallest absolute Gasteiger partial charge is 0.305 e. The summed E-state index contributed by atoms with van der Waals surface area (Å²) in [5.41, 5.74) is 18.4. The van der Waals surface area contributed by atoms with Crippen molar-refractivity contribution in [1.29, 1.82) is 0 Å². The van der Waals surface area contributed by atoms with E-state index in [4.69, 9.17) is 41.3 Å². The molecule has 0 bridgehead atoms. The van der Waals surface area contributed by atoms with Crippen LogP contribution in [-0.4, -0.2) is 97.2 Å². The summed E-state index contributed by atoms with van der Waals surface area (Å²) in [5, 5.41) is 22.3. The normalized spacial score (nSPS) is 11.9. The second kappa shape index (κ2) is 17.9. The number of carboxylic acid groups (broad SMARTS) is 1. The van der Waals surface area contributed by atoms with Crippen LogP contribution in [0.1, 0.15) is 25.7 Å². The number of ether oxygens (including phenoxy) is 4. The Labute approximate surface area is 281 Å². The number of nitrogens with zero attached hydrogens (tertiary/aromatic N) is 4. The number of carboxylic acids is 1. The Kier molecular flexibility index (Phi) is 13.7. The molecule has 2 aromatic carbocycles. The SMILES string of the molecule is COc1ccc(-c2cnnn2-c2cc(OC)c(OC)c(OC)c2)cc1NC(=O)C(CCCN=C(N)N)CC(=O)CNC(=O)C(N)CC(=O)O. The first kappa shape index (κ1) is 37.5. The number of Topliss-reactive ketones (excluding diaryl/α,β-unsaturated/α-hetero) is 1. The van der Waals surface area contributed by atoms with Gasteiger partial charge in [0.2, 0.25) is 17.6 Å². The topological polar surface area (TPSA) is 271 Å². The number of aromatic nitrogens is 3. The molecule has 2 unspecified atom stereocenters. The van der Waals surface area contributed by atoms with Gasteiger partial charge in [0.15, 0.2) is 23.2 Å². The predicted molar refractivity (Wildman–Crippen MR) is 178 cm³/mol. The van der Waals surface area contributed by atoms with Crippen LogP contribution in [-0.2, 0) is 19.2 Å². The van der Waals surface area contributed by atoms with Gasteiger partial charge in [-0.15, -0.1) is 5.10 Å². The lowest BCUT2D eigenvalue weighted by molar-refractivity contribution is -0.139. The molecule has 0 aliphatic heterocycles. The van der Waals surface area contributed by atoms with E-state index in [9.17, 15) is 19.2 Å². The minimum Gasteiger partial charge on any atom is -0.495 e. The van der Waals surface area contributed by atoms with Crippen LogP contribution in [0.2, 0.25) is 0 Å². The molecule has 49 heavy (non-hydrogen) atoms. The fraction of sp³-hybridized carbons (Fsp3) is 0.387. The van der Waals surface area contributed by atoms with Crippen LogP contribution < -0.4 is 46.8 Å². The third-order valence-corrected chi connectivity index (χ3v) is 7.24. The molecule has 1 aromatic heterocycles. The molecule has 18 heteroatoms. The minimum atomic E-state index is -1.33. The molecule has 264 valence electrons. The maximum Gasteiger partial charge on any atom is 0.305 e. The number of ketones is 1. The lowest BCUT2D eigenvalue weighted by Gasteiger charge is -2.19. The molecule has 18 nitrogen and oxygen atoms in total. The molecular formula is C31H41N9O9. The zero-order valence-electron chi connectivity index (χ0n) is 27.6. The number of anilines is 1. The van der Waals surface area contributed by atoms with E-state index in [-0.39, 0.29) is 25.3 Å². The first-order chi connectivity index (χ1) is 23.4. The Morgan fingerprint density at radius 3 is 2.20 bits per heavy atom. The van der Waals surface area contributed by atoms with Gasteiger partial charge in [0, 0.05) is 36.6 Å². The summed E-state index contributed by atoms with van der Waals surface area (Å²) in [6.45, 7) is -0.224. The number of benzene rings is 2. The Hall–Kier alpha value is -5.91. The van der Waals surface area contributed by atoms with E-state index < -0.39 is 48.5 Å². The van der Waals surface area contributed by atoms with Gasteiger partial charge >= 0.3 is 5.97 Å². The second-order valence-electron chi connectivity index (χ2n) is 10.6. The van der Waals surface area contributed by atoms with Crippen molar-refractivity contribution in [3.05, 3.63) is 36.5 Å². The van der Waals surface area contributed by atoms with Gasteiger partial charge in [-0.3, -0.25) is 24.2 Å². The van der Waals surface area contributed by atoms with Crippen LogP contribution in [0.3, 0.4) is 0 Å². The third kappa shape index (κ3) is 10.3. The summed E-state index contributed by atoms with van der Waals surface area (Å²) in [6.07, 6.45) is 1.28. The van der Waals surface area contributed by atoms with Gasteiger partial charge in [-0.1, -0.05) is 5.21 Å². The number of nitrogens with one attached hydrogen (secondary N) is 2. The fourth-order valence-corrected chi connectivity index (χ4v) is 4.83. The predicted octanol–water partition coefficient (Wildman–Crippen LogP) is 0.454. The number of hydrogen-bond acceptors (Lipinski definition) is 12. The Bertz CT molecular complexity index is 1650. The van der Waals surface area contributed by atoms with Crippen molar-refractivity contribution >= 4 is 35.2 Å². The molecule has 0 saturated heterocycles. The van der Waals surface area contributed by atoms with Crippen molar-refractivity contribution in [2.45, 2.75) is 31.7 Å². The number of carbonyl (C=O) groups excluding carboxylic acids is 3. The maximum absolute atomic E-state index is 13.7. The molecule has 0 fully saturated rings. The Morgan fingerprint density at radius 1 is 0.939 bits per heavy atom. The molecule has 0 aliphatic rings. The molecule has 2 atom stereocenters. The second-order valence-corrected chi connectivity index (χ2v) is 10.6. The standard InChI is InChI=1S/C31H41N9O9/c1-46-24-8-7-17(23-16-37-39-40(23)19-12-25(47-2)28(49-4)26(13-19)48-3)11-22(24)38-29(44)18(6-5-9-35-31(33)34)10-20(41)15-36-30(45)21(32)14-27(42)43/h7-8,11-13,16,18,21H,5-6,9-10,14-15,32H2,1-4H3,(H,36,45)(H,38,44)(H,42,43)(H4,33,34,35). The first-order valence-corrected chi connectivity index (χ1v) is 14.9. The summed E-state index contributed by atoms with van der Waals surface area (Å²) in [5.74, 6) is -2.44. The van der Waals surface area contributed by atoms with Crippen molar-refractivity contribution in [3.63, 3.8) is 0 Å². The highest BCUT2D eigenvalue weighted by Gasteiger charge is 2.25. The third-order valence-electron chi connectivity index (χ3n) is 7.24. The van der Waals surface area contributed by atoms with Gasteiger partial charge in [-0.2, -0.15) is 0 Å². The van der Waals surface area contributed by atoms with Crippen molar-refractivity contribution in [2.75, 3.05) is 46.8 Å². The zero-order valence-corrected chi connectivity index (χ0v) is 27.6. The summed E-state index contributed by atoms with van der Waals surface area (Å²) in [7, 11) is 5.94. The van der Waals surface area contributed by atoms with Gasteiger partial charge in [0.25, 0.3) is 0 Å². The number of amides is 2. The number of nitrogens with two attached hydrogens (primary N) is 3. The van der Waals surface area contributed by atoms with Crippen LogP contribution >= 0.6 is 0 Å². The minimum absolute atomic E-state index is 0.112. The molecule has 0 aliphatic carbocycles. The molecule has 3 rings (SSSR count). The number of aliphatic carboxylic acids is 1. The number of methoxy groups -OCH3 is 4. The molecule has 0 saturated carbocycles. The summed E-state index contributed by atoms with van der Waals surface area (Å²) in [6, 6.07) is 7.17. The lowest BCUT2D eigenvalue weighted by Crippen LogP contribution is -2.44. The van der Waals surface area contributed by atoms with Gasteiger partial charge in [-0.25, -0.2) is 4.68 Å². The summed E-state index contributed by atoms with van der Waals surface area (Å²) < 4.78 is 23.4. The number of hydrogen-bond donors (Lipinski definition) is 6. The quantitative estimate of drug-likeness (QED) is 0.0569. The molecule has 3 aromatic rings. The lowest BCUT2D eigenvalue weighted by atomic mass is 9.95. The number of carbonyl (C=O) groups is 4. The number of aliphatic imine (C=N–C) groups is 1. The van der Waals surface area contributed by atoms with Crippen LogP contribution in [0.15, 0.2) is 41.5 Å². The van der Waals surface area contributed by atoms with E-state index in [0.29, 0.717) is 52.1 Å². The van der Waals surface area contributed by atoms with E-state index in [1.54, 1.807) is 41.2 Å². The van der Waals surface area contributed by atoms with Crippen LogP contribution in [0, 0.1) is 5.92 Å². The van der Waals surface area contributed by atoms with Gasteiger partial charge in [-0.05, 0) is 31.0 Å². The molecule has 0 radical (unpaired) electrons. The maximum atomic E-state index is 13.7. The molecular weight excluding hydrogens is 642 g/mol. The monoisotopic (exact) mass is 683 g/mol. The van der Waals surface area contributed by atoms with Crippen LogP contribution in [0.5, 0.6) is 23.0 Å². The fourth-order valence-electron chi connectivity index (χ4n) is 4.83. The van der Waals surface area contributed by atoms with Crippen LogP contribution in [0.4, 0.5) is 5.69 Å². The van der Waals surface area contributed by atoms with E-state index in [2.05, 4.69) is 25.9 Å².